The Labute approximate surface area is 137 Å². The van der Waals surface area contributed by atoms with Crippen molar-refractivity contribution in [3.05, 3.63) is 31.8 Å². The van der Waals surface area contributed by atoms with Crippen LogP contribution in [0.15, 0.2) is 22.7 Å². The summed E-state index contributed by atoms with van der Waals surface area (Å²) in [5.41, 5.74) is 0.729. The summed E-state index contributed by atoms with van der Waals surface area (Å²) in [6.45, 7) is 6.04. The van der Waals surface area contributed by atoms with E-state index < -0.39 is 0 Å². The van der Waals surface area contributed by atoms with Crippen molar-refractivity contribution in [2.45, 2.75) is 26.3 Å². The molecule has 0 unspecified atom stereocenters. The van der Waals surface area contributed by atoms with Gasteiger partial charge in [0.2, 0.25) is 0 Å². The van der Waals surface area contributed by atoms with Crippen molar-refractivity contribution in [1.82, 2.24) is 10.2 Å². The molecule has 0 bridgehead atoms. The molecule has 0 aliphatic heterocycles. The van der Waals surface area contributed by atoms with Crippen molar-refractivity contribution in [2.75, 3.05) is 20.1 Å². The van der Waals surface area contributed by atoms with Crippen LogP contribution in [0.2, 0.25) is 0 Å². The Morgan fingerprint density at radius 2 is 2.16 bits per heavy atom. The van der Waals surface area contributed by atoms with Crippen LogP contribution in [0.25, 0.3) is 0 Å². The van der Waals surface area contributed by atoms with Crippen LogP contribution in [-0.4, -0.2) is 37.0 Å². The highest BCUT2D eigenvalue weighted by Gasteiger charge is 2.10. The van der Waals surface area contributed by atoms with Crippen LogP contribution in [-0.2, 0) is 0 Å². The summed E-state index contributed by atoms with van der Waals surface area (Å²) >= 11 is 5.57. The van der Waals surface area contributed by atoms with Crippen LogP contribution in [0.4, 0.5) is 0 Å². The minimum atomic E-state index is -0.00194. The molecule has 0 heterocycles. The zero-order valence-corrected chi connectivity index (χ0v) is 15.3. The lowest BCUT2D eigenvalue weighted by molar-refractivity contribution is 0.0950. The van der Waals surface area contributed by atoms with E-state index in [-0.39, 0.29) is 5.91 Å². The monoisotopic (exact) mass is 438 g/mol. The van der Waals surface area contributed by atoms with Crippen LogP contribution >= 0.6 is 38.5 Å². The number of nitrogens with zero attached hydrogens (tertiary/aromatic N) is 1. The smallest absolute Gasteiger partial charge is 0.252 e. The van der Waals surface area contributed by atoms with Gasteiger partial charge in [0.25, 0.3) is 5.91 Å². The molecule has 0 saturated heterocycles. The van der Waals surface area contributed by atoms with E-state index in [1.165, 1.54) is 0 Å². The van der Waals surface area contributed by atoms with Gasteiger partial charge in [0.05, 0.1) is 5.56 Å². The SMILES string of the molecule is CC(C)N(C)CCCNC(=O)c1cc(Br)ccc1I. The van der Waals surface area contributed by atoms with Gasteiger partial charge in [-0.1, -0.05) is 15.9 Å². The first kappa shape index (κ1) is 16.9. The van der Waals surface area contributed by atoms with Crippen molar-refractivity contribution in [2.24, 2.45) is 0 Å². The number of hydrogen-bond acceptors (Lipinski definition) is 2. The van der Waals surface area contributed by atoms with Gasteiger partial charge < -0.3 is 10.2 Å². The van der Waals surface area contributed by atoms with Gasteiger partial charge >= 0.3 is 0 Å². The van der Waals surface area contributed by atoms with E-state index >= 15 is 0 Å². The van der Waals surface area contributed by atoms with Gasteiger partial charge in [-0.2, -0.15) is 0 Å². The van der Waals surface area contributed by atoms with E-state index in [9.17, 15) is 4.79 Å². The first-order valence-corrected chi connectivity index (χ1v) is 8.22. The minimum Gasteiger partial charge on any atom is -0.352 e. The quantitative estimate of drug-likeness (QED) is 0.544. The van der Waals surface area contributed by atoms with E-state index in [0.717, 1.165) is 26.6 Å². The van der Waals surface area contributed by atoms with E-state index in [1.807, 2.05) is 18.2 Å². The molecule has 0 spiro atoms. The average Bonchev–Trinajstić information content (AvgIpc) is 2.36. The summed E-state index contributed by atoms with van der Waals surface area (Å²) in [7, 11) is 2.10. The largest absolute Gasteiger partial charge is 0.352 e. The Bertz CT molecular complexity index is 437. The third kappa shape index (κ3) is 5.79. The van der Waals surface area contributed by atoms with Crippen molar-refractivity contribution >= 4 is 44.4 Å². The molecule has 0 radical (unpaired) electrons. The number of amides is 1. The second kappa shape index (κ2) is 8.21. The van der Waals surface area contributed by atoms with Crippen molar-refractivity contribution in [3.63, 3.8) is 0 Å². The Morgan fingerprint density at radius 3 is 2.79 bits per heavy atom. The summed E-state index contributed by atoms with van der Waals surface area (Å²) in [6, 6.07) is 6.28. The number of benzene rings is 1. The topological polar surface area (TPSA) is 32.3 Å². The van der Waals surface area contributed by atoms with E-state index in [0.29, 0.717) is 12.6 Å². The van der Waals surface area contributed by atoms with Gasteiger partial charge in [0, 0.05) is 20.6 Å². The highest BCUT2D eigenvalue weighted by Crippen LogP contribution is 2.18. The molecule has 0 aliphatic rings. The molecule has 0 fully saturated rings. The molecule has 0 atom stereocenters. The number of carbonyl (C=O) groups excluding carboxylic acids is 1. The number of halogens is 2. The summed E-state index contributed by atoms with van der Waals surface area (Å²) < 4.78 is 1.90. The maximum absolute atomic E-state index is 12.0. The third-order valence-corrected chi connectivity index (χ3v) is 4.46. The molecule has 5 heteroatoms. The van der Waals surface area contributed by atoms with Crippen LogP contribution in [0, 0.1) is 3.57 Å². The van der Waals surface area contributed by atoms with Crippen molar-refractivity contribution < 1.29 is 4.79 Å². The van der Waals surface area contributed by atoms with Crippen LogP contribution in [0.1, 0.15) is 30.6 Å². The first-order valence-electron chi connectivity index (χ1n) is 6.35. The number of hydrogen-bond donors (Lipinski definition) is 1. The molecular formula is C14H20BrIN2O. The Hall–Kier alpha value is -0.140. The second-order valence-electron chi connectivity index (χ2n) is 4.81. The molecule has 106 valence electrons. The number of rotatable bonds is 6. The predicted octanol–water partition coefficient (Wildman–Crippen LogP) is 3.51. The zero-order chi connectivity index (χ0) is 14.4. The van der Waals surface area contributed by atoms with E-state index in [1.54, 1.807) is 0 Å². The van der Waals surface area contributed by atoms with E-state index in [4.69, 9.17) is 0 Å². The normalized spacial score (nSPS) is 11.1. The molecule has 1 amide bonds. The van der Waals surface area contributed by atoms with Gasteiger partial charge in [-0.25, -0.2) is 0 Å². The Morgan fingerprint density at radius 1 is 1.47 bits per heavy atom. The van der Waals surface area contributed by atoms with Gasteiger partial charge in [-0.15, -0.1) is 0 Å². The molecule has 3 nitrogen and oxygen atoms in total. The van der Waals surface area contributed by atoms with Crippen molar-refractivity contribution in [1.29, 1.82) is 0 Å². The van der Waals surface area contributed by atoms with Gasteiger partial charge in [0.1, 0.15) is 0 Å². The summed E-state index contributed by atoms with van der Waals surface area (Å²) in [4.78, 5) is 14.3. The summed E-state index contributed by atoms with van der Waals surface area (Å²) in [6.07, 6.45) is 0.963. The van der Waals surface area contributed by atoms with Gasteiger partial charge in [-0.3, -0.25) is 4.79 Å². The zero-order valence-electron chi connectivity index (χ0n) is 11.5. The van der Waals surface area contributed by atoms with Crippen LogP contribution < -0.4 is 5.32 Å². The Kier molecular flexibility index (Phi) is 7.31. The highest BCUT2D eigenvalue weighted by atomic mass is 127. The van der Waals surface area contributed by atoms with Crippen molar-refractivity contribution in [3.8, 4) is 0 Å². The average molecular weight is 439 g/mol. The number of carbonyl (C=O) groups is 1. The third-order valence-electron chi connectivity index (χ3n) is 3.03. The molecule has 0 aromatic heterocycles. The fraction of sp³-hybridized carbons (Fsp3) is 0.500. The maximum atomic E-state index is 12.0. The first-order chi connectivity index (χ1) is 8.91. The fourth-order valence-electron chi connectivity index (χ4n) is 1.56. The summed E-state index contributed by atoms with van der Waals surface area (Å²) in [5.74, 6) is -0.00194. The maximum Gasteiger partial charge on any atom is 0.252 e. The van der Waals surface area contributed by atoms with E-state index in [2.05, 4.69) is 69.6 Å². The molecule has 1 aromatic carbocycles. The van der Waals surface area contributed by atoms with Crippen LogP contribution in [0.5, 0.6) is 0 Å². The molecule has 1 N–H and O–H groups in total. The standard InChI is InChI=1S/C14H20BrIN2O/c1-10(2)18(3)8-4-7-17-14(19)12-9-11(15)5-6-13(12)16/h5-6,9-10H,4,7-8H2,1-3H3,(H,17,19). The van der Waals surface area contributed by atoms with Gasteiger partial charge in [-0.05, 0) is 74.7 Å². The summed E-state index contributed by atoms with van der Waals surface area (Å²) in [5, 5.41) is 2.97. The molecule has 1 rings (SSSR count). The van der Waals surface area contributed by atoms with Gasteiger partial charge in [0.15, 0.2) is 0 Å². The Balaban J connectivity index is 2.41. The lowest BCUT2D eigenvalue weighted by Crippen LogP contribution is -2.31. The molecule has 1 aromatic rings. The predicted molar refractivity (Wildman–Crippen MR) is 91.6 cm³/mol. The molecular weight excluding hydrogens is 419 g/mol. The molecule has 0 saturated carbocycles. The second-order valence-corrected chi connectivity index (χ2v) is 6.89. The lowest BCUT2D eigenvalue weighted by atomic mass is 10.2. The molecule has 19 heavy (non-hydrogen) atoms. The highest BCUT2D eigenvalue weighted by molar-refractivity contribution is 14.1. The van der Waals surface area contributed by atoms with Crippen LogP contribution in [0.3, 0.4) is 0 Å². The minimum absolute atomic E-state index is 0.00194. The number of nitrogens with one attached hydrogen (secondary N) is 1. The fourth-order valence-corrected chi connectivity index (χ4v) is 2.50. The lowest BCUT2D eigenvalue weighted by Gasteiger charge is -2.20. The molecule has 0 aliphatic carbocycles.